The Hall–Kier alpha value is -8.43. The summed E-state index contributed by atoms with van der Waals surface area (Å²) in [6.45, 7) is 8.91. The van der Waals surface area contributed by atoms with Crippen molar-refractivity contribution in [1.82, 2.24) is 9.55 Å². The van der Waals surface area contributed by atoms with Crippen LogP contribution >= 0.6 is 11.6 Å². The summed E-state index contributed by atoms with van der Waals surface area (Å²) in [5.74, 6) is 0. The van der Waals surface area contributed by atoms with Crippen LogP contribution in [0.5, 0.6) is 0 Å². The van der Waals surface area contributed by atoms with Gasteiger partial charge in [-0.3, -0.25) is 0 Å². The molecule has 0 fully saturated rings. The number of benzene rings is 11. The number of aromatic amines is 1. The van der Waals surface area contributed by atoms with Crippen molar-refractivity contribution in [1.29, 1.82) is 0 Å². The lowest BCUT2D eigenvalue weighted by atomic mass is 9.89. The first-order valence-corrected chi connectivity index (χ1v) is 24.9. The van der Waals surface area contributed by atoms with Gasteiger partial charge < -0.3 is 9.55 Å². The van der Waals surface area contributed by atoms with E-state index in [0.29, 0.717) is 5.02 Å². The predicted octanol–water partition coefficient (Wildman–Crippen LogP) is 19.5. The SMILES string of the molecule is Cc1cccc(C)c1-c1ccc2c(c1)c1cc(-c3c(C)cccc3C)c3ccccc3c1n2-c1cc(-c2ccccc2)cc(-c2cc(-c3ccccc3)cc3c2[nH]c2ccc(-c4ccccc4)cc23)c1Cl. The summed E-state index contributed by atoms with van der Waals surface area (Å²) >= 11 is 8.25. The fourth-order valence-corrected chi connectivity index (χ4v) is 11.9. The molecule has 0 radical (unpaired) electrons. The molecule has 338 valence electrons. The molecule has 2 heterocycles. The van der Waals surface area contributed by atoms with E-state index in [2.05, 4.69) is 256 Å². The smallest absolute Gasteiger partial charge is 0.0726 e. The van der Waals surface area contributed by atoms with Gasteiger partial charge >= 0.3 is 0 Å². The third-order valence-corrected chi connectivity index (χ3v) is 15.3. The van der Waals surface area contributed by atoms with Crippen molar-refractivity contribution >= 4 is 66.0 Å². The van der Waals surface area contributed by atoms with Crippen LogP contribution in [0.1, 0.15) is 22.3 Å². The van der Waals surface area contributed by atoms with Gasteiger partial charge in [0.15, 0.2) is 0 Å². The fraction of sp³-hybridized carbons (Fsp3) is 0.0588. The number of fused-ring (bicyclic) bond motifs is 8. The maximum absolute atomic E-state index is 8.25. The van der Waals surface area contributed by atoms with Gasteiger partial charge in [0.1, 0.15) is 0 Å². The molecule has 2 nitrogen and oxygen atoms in total. The maximum atomic E-state index is 8.25. The number of halogens is 1. The predicted molar refractivity (Wildman–Crippen MR) is 304 cm³/mol. The number of nitrogens with zero attached hydrogens (tertiary/aromatic N) is 1. The molecule has 11 aromatic carbocycles. The molecule has 3 heteroatoms. The Labute approximate surface area is 419 Å². The summed E-state index contributed by atoms with van der Waals surface area (Å²) < 4.78 is 2.46. The van der Waals surface area contributed by atoms with E-state index < -0.39 is 0 Å². The van der Waals surface area contributed by atoms with E-state index in [-0.39, 0.29) is 0 Å². The van der Waals surface area contributed by atoms with Crippen LogP contribution in [0, 0.1) is 27.7 Å². The summed E-state index contributed by atoms with van der Waals surface area (Å²) in [5.41, 5.74) is 24.1. The van der Waals surface area contributed by atoms with Crippen molar-refractivity contribution < 1.29 is 0 Å². The molecule has 13 rings (SSSR count). The molecule has 0 bridgehead atoms. The second kappa shape index (κ2) is 16.9. The van der Waals surface area contributed by atoms with Gasteiger partial charge in [-0.2, -0.15) is 0 Å². The van der Waals surface area contributed by atoms with Crippen molar-refractivity contribution in [3.05, 3.63) is 246 Å². The zero-order valence-corrected chi connectivity index (χ0v) is 40.9. The van der Waals surface area contributed by atoms with E-state index in [0.717, 1.165) is 66.5 Å². The molecule has 1 N–H and O–H groups in total. The van der Waals surface area contributed by atoms with E-state index >= 15 is 0 Å². The summed E-state index contributed by atoms with van der Waals surface area (Å²) in [7, 11) is 0. The molecule has 0 saturated heterocycles. The fourth-order valence-electron chi connectivity index (χ4n) is 11.6. The lowest BCUT2D eigenvalue weighted by molar-refractivity contribution is 1.19. The number of rotatable bonds is 7. The van der Waals surface area contributed by atoms with Crippen LogP contribution in [0.25, 0.3) is 127 Å². The Morgan fingerprint density at radius 2 is 0.859 bits per heavy atom. The van der Waals surface area contributed by atoms with Gasteiger partial charge in [-0.15, -0.1) is 0 Å². The quantitative estimate of drug-likeness (QED) is 0.164. The third kappa shape index (κ3) is 7.01. The zero-order valence-electron chi connectivity index (χ0n) is 40.1. The van der Waals surface area contributed by atoms with Gasteiger partial charge in [0, 0.05) is 43.6 Å². The highest BCUT2D eigenvalue weighted by molar-refractivity contribution is 6.36. The Bertz CT molecular complexity index is 4210. The summed E-state index contributed by atoms with van der Waals surface area (Å²) in [5, 5.41) is 7.75. The van der Waals surface area contributed by atoms with Gasteiger partial charge in [-0.05, 0) is 166 Å². The van der Waals surface area contributed by atoms with Gasteiger partial charge in [-0.25, -0.2) is 0 Å². The molecule has 0 unspecified atom stereocenters. The molecule has 0 saturated carbocycles. The van der Waals surface area contributed by atoms with Crippen molar-refractivity contribution in [3.8, 4) is 72.4 Å². The molecular weight excluding hydrogens is 880 g/mol. The number of aromatic nitrogens is 2. The highest BCUT2D eigenvalue weighted by Gasteiger charge is 2.25. The molecule has 0 aliphatic heterocycles. The highest BCUT2D eigenvalue weighted by Crippen LogP contribution is 2.49. The van der Waals surface area contributed by atoms with E-state index in [1.165, 1.54) is 82.6 Å². The number of hydrogen-bond acceptors (Lipinski definition) is 0. The van der Waals surface area contributed by atoms with Crippen molar-refractivity contribution in [2.75, 3.05) is 0 Å². The first kappa shape index (κ1) is 42.7. The van der Waals surface area contributed by atoms with E-state index in [9.17, 15) is 0 Å². The average molecular weight is 930 g/mol. The minimum Gasteiger partial charge on any atom is -0.354 e. The first-order valence-electron chi connectivity index (χ1n) is 24.5. The molecule has 0 aliphatic rings. The normalized spacial score (nSPS) is 11.7. The molecule has 0 amide bonds. The largest absolute Gasteiger partial charge is 0.354 e. The van der Waals surface area contributed by atoms with E-state index in [1.807, 2.05) is 0 Å². The topological polar surface area (TPSA) is 20.7 Å². The standard InChI is InChI=1S/C68H49ClN2/c1-41-18-16-19-42(2)64(41)49-31-33-62-55(35-49)60-40-56(65-43(3)20-17-21-44(65)4)52-28-14-15-29-53(52)68(60)71(62)63-39-51(47-26-12-7-13-27-47)36-57(66(63)69)59-38-50(46-24-10-6-11-25-46)37-58-54-34-48(45-22-8-5-9-23-45)30-32-61(54)70-67(58)59/h5-40,70H,1-4H3. The van der Waals surface area contributed by atoms with Crippen LogP contribution in [0.15, 0.2) is 218 Å². The van der Waals surface area contributed by atoms with Crippen LogP contribution in [0.2, 0.25) is 5.02 Å². The molecule has 0 spiro atoms. The Kier molecular flexibility index (Phi) is 10.2. The highest BCUT2D eigenvalue weighted by atomic mass is 35.5. The van der Waals surface area contributed by atoms with Gasteiger partial charge in [0.2, 0.25) is 0 Å². The van der Waals surface area contributed by atoms with Crippen molar-refractivity contribution in [3.63, 3.8) is 0 Å². The Morgan fingerprint density at radius 3 is 1.51 bits per heavy atom. The Morgan fingerprint density at radius 1 is 0.338 bits per heavy atom. The van der Waals surface area contributed by atoms with Crippen LogP contribution in [-0.2, 0) is 0 Å². The first-order chi connectivity index (χ1) is 34.8. The van der Waals surface area contributed by atoms with E-state index in [1.54, 1.807) is 0 Å². The lowest BCUT2D eigenvalue weighted by Crippen LogP contribution is -1.99. The summed E-state index contributed by atoms with van der Waals surface area (Å²) in [6.07, 6.45) is 0. The average Bonchev–Trinajstić information content (AvgIpc) is 3.94. The van der Waals surface area contributed by atoms with Crippen LogP contribution in [0.3, 0.4) is 0 Å². The minimum atomic E-state index is 0.681. The second-order valence-corrected chi connectivity index (χ2v) is 19.6. The minimum absolute atomic E-state index is 0.681. The van der Waals surface area contributed by atoms with Crippen molar-refractivity contribution in [2.45, 2.75) is 27.7 Å². The third-order valence-electron chi connectivity index (χ3n) is 14.9. The molecule has 0 aliphatic carbocycles. The molecule has 2 aromatic heterocycles. The van der Waals surface area contributed by atoms with Gasteiger partial charge in [0.25, 0.3) is 0 Å². The molecule has 71 heavy (non-hydrogen) atoms. The van der Waals surface area contributed by atoms with Gasteiger partial charge in [-0.1, -0.05) is 175 Å². The maximum Gasteiger partial charge on any atom is 0.0726 e. The number of aryl methyl sites for hydroxylation is 4. The van der Waals surface area contributed by atoms with Crippen LogP contribution in [-0.4, -0.2) is 9.55 Å². The molecular formula is C68H49ClN2. The Balaban J connectivity index is 1.16. The van der Waals surface area contributed by atoms with Crippen molar-refractivity contribution in [2.24, 2.45) is 0 Å². The van der Waals surface area contributed by atoms with E-state index in [4.69, 9.17) is 11.6 Å². The van der Waals surface area contributed by atoms with Gasteiger partial charge in [0.05, 0.1) is 27.3 Å². The number of nitrogens with one attached hydrogen (secondary N) is 1. The summed E-state index contributed by atoms with van der Waals surface area (Å²) in [4.78, 5) is 3.92. The second-order valence-electron chi connectivity index (χ2n) is 19.3. The van der Waals surface area contributed by atoms with Crippen LogP contribution < -0.4 is 0 Å². The molecule has 0 atom stereocenters. The zero-order chi connectivity index (χ0) is 47.9. The number of H-pyrrole nitrogens is 1. The summed E-state index contributed by atoms with van der Waals surface area (Å²) in [6, 6.07) is 79.8. The molecule has 13 aromatic rings. The number of hydrogen-bond donors (Lipinski definition) is 1. The monoisotopic (exact) mass is 928 g/mol. The van der Waals surface area contributed by atoms with Crippen LogP contribution in [0.4, 0.5) is 0 Å². The lowest BCUT2D eigenvalue weighted by Gasteiger charge is -2.19.